The SMILES string of the molecule is CO.c1ccc2c(c1)CCN2. The average Bonchev–Trinajstić information content (AvgIpc) is 2.55. The van der Waals surface area contributed by atoms with Crippen LogP contribution in [0, 0.1) is 0 Å². The van der Waals surface area contributed by atoms with E-state index in [-0.39, 0.29) is 0 Å². The van der Waals surface area contributed by atoms with E-state index in [1.54, 1.807) is 0 Å². The molecule has 2 nitrogen and oxygen atoms in total. The number of benzene rings is 1. The fourth-order valence-corrected chi connectivity index (χ4v) is 1.24. The number of hydrogen-bond donors (Lipinski definition) is 2. The van der Waals surface area contributed by atoms with Crippen LogP contribution in [0.1, 0.15) is 5.56 Å². The quantitative estimate of drug-likeness (QED) is 0.585. The first kappa shape index (κ1) is 8.08. The lowest BCUT2D eigenvalue weighted by molar-refractivity contribution is 0.399. The zero-order chi connectivity index (χ0) is 8.10. The Morgan fingerprint density at radius 2 is 2.00 bits per heavy atom. The molecule has 0 saturated carbocycles. The van der Waals surface area contributed by atoms with E-state index in [9.17, 15) is 0 Å². The molecule has 0 fully saturated rings. The molecule has 0 amide bonds. The summed E-state index contributed by atoms with van der Waals surface area (Å²) >= 11 is 0. The summed E-state index contributed by atoms with van der Waals surface area (Å²) in [4.78, 5) is 0. The molecule has 0 unspecified atom stereocenters. The Hall–Kier alpha value is -1.02. The van der Waals surface area contributed by atoms with E-state index < -0.39 is 0 Å². The van der Waals surface area contributed by atoms with E-state index in [1.807, 2.05) is 0 Å². The molecule has 0 atom stereocenters. The van der Waals surface area contributed by atoms with E-state index in [0.29, 0.717) is 0 Å². The second kappa shape index (κ2) is 3.98. The van der Waals surface area contributed by atoms with Gasteiger partial charge in [-0.15, -0.1) is 0 Å². The van der Waals surface area contributed by atoms with Crippen molar-refractivity contribution in [1.82, 2.24) is 0 Å². The number of hydrogen-bond acceptors (Lipinski definition) is 2. The van der Waals surface area contributed by atoms with E-state index in [1.165, 1.54) is 17.7 Å². The van der Waals surface area contributed by atoms with Gasteiger partial charge < -0.3 is 10.4 Å². The smallest absolute Gasteiger partial charge is 0.0373 e. The second-order valence-corrected chi connectivity index (χ2v) is 2.33. The normalized spacial score (nSPS) is 12.5. The molecule has 0 saturated heterocycles. The summed E-state index contributed by atoms with van der Waals surface area (Å²) in [7, 11) is 1.00. The predicted molar refractivity (Wildman–Crippen MR) is 46.8 cm³/mol. The molecular formula is C9H13NO. The zero-order valence-electron chi connectivity index (χ0n) is 6.67. The molecule has 60 valence electrons. The lowest BCUT2D eigenvalue weighted by atomic mass is 10.2. The van der Waals surface area contributed by atoms with Crippen LogP contribution < -0.4 is 5.32 Å². The van der Waals surface area contributed by atoms with Gasteiger partial charge in [0.1, 0.15) is 0 Å². The Morgan fingerprint density at radius 1 is 1.27 bits per heavy atom. The Morgan fingerprint density at radius 3 is 2.73 bits per heavy atom. The van der Waals surface area contributed by atoms with Crippen molar-refractivity contribution in [2.75, 3.05) is 19.0 Å². The molecule has 2 N–H and O–H groups in total. The van der Waals surface area contributed by atoms with Crippen molar-refractivity contribution in [1.29, 1.82) is 0 Å². The van der Waals surface area contributed by atoms with Gasteiger partial charge in [-0.3, -0.25) is 0 Å². The number of nitrogens with one attached hydrogen (secondary N) is 1. The van der Waals surface area contributed by atoms with Crippen molar-refractivity contribution in [3.8, 4) is 0 Å². The molecule has 0 aliphatic carbocycles. The number of aliphatic hydroxyl groups excluding tert-OH is 1. The Bertz CT molecular complexity index is 200. The van der Waals surface area contributed by atoms with Gasteiger partial charge in [-0.05, 0) is 18.1 Å². The topological polar surface area (TPSA) is 32.3 Å². The summed E-state index contributed by atoms with van der Waals surface area (Å²) in [5.41, 5.74) is 2.77. The van der Waals surface area contributed by atoms with Gasteiger partial charge in [0.15, 0.2) is 0 Å². The minimum Gasteiger partial charge on any atom is -0.400 e. The molecule has 0 spiro atoms. The van der Waals surface area contributed by atoms with Gasteiger partial charge >= 0.3 is 0 Å². The van der Waals surface area contributed by atoms with Crippen LogP contribution in [0.3, 0.4) is 0 Å². The molecular weight excluding hydrogens is 138 g/mol. The number of aliphatic hydroxyl groups is 1. The van der Waals surface area contributed by atoms with Crippen molar-refractivity contribution in [2.45, 2.75) is 6.42 Å². The molecule has 1 heterocycles. The third-order valence-electron chi connectivity index (χ3n) is 1.73. The molecule has 0 radical (unpaired) electrons. The first-order chi connectivity index (χ1) is 5.47. The minimum atomic E-state index is 1.00. The highest BCUT2D eigenvalue weighted by Crippen LogP contribution is 2.19. The Balaban J connectivity index is 0.000000281. The Kier molecular flexibility index (Phi) is 2.93. The van der Waals surface area contributed by atoms with Gasteiger partial charge in [0.05, 0.1) is 0 Å². The predicted octanol–water partition coefficient (Wildman–Crippen LogP) is 1.26. The van der Waals surface area contributed by atoms with Crippen LogP contribution in [-0.2, 0) is 6.42 Å². The average molecular weight is 151 g/mol. The molecule has 0 bridgehead atoms. The summed E-state index contributed by atoms with van der Waals surface area (Å²) < 4.78 is 0. The maximum Gasteiger partial charge on any atom is 0.0373 e. The number of fused-ring (bicyclic) bond motifs is 1. The molecule has 1 aliphatic rings. The third kappa shape index (κ3) is 1.71. The van der Waals surface area contributed by atoms with Gasteiger partial charge in [-0.25, -0.2) is 0 Å². The van der Waals surface area contributed by atoms with Crippen molar-refractivity contribution in [2.24, 2.45) is 0 Å². The fourth-order valence-electron chi connectivity index (χ4n) is 1.24. The number of para-hydroxylation sites is 1. The van der Waals surface area contributed by atoms with Gasteiger partial charge in [0.25, 0.3) is 0 Å². The van der Waals surface area contributed by atoms with Crippen molar-refractivity contribution >= 4 is 5.69 Å². The molecule has 2 heteroatoms. The lowest BCUT2D eigenvalue weighted by Crippen LogP contribution is -1.90. The van der Waals surface area contributed by atoms with E-state index >= 15 is 0 Å². The van der Waals surface area contributed by atoms with E-state index in [2.05, 4.69) is 29.6 Å². The van der Waals surface area contributed by atoms with Crippen LogP contribution in [0.4, 0.5) is 5.69 Å². The van der Waals surface area contributed by atoms with Gasteiger partial charge in [0.2, 0.25) is 0 Å². The molecule has 1 aromatic carbocycles. The first-order valence-corrected chi connectivity index (χ1v) is 3.73. The van der Waals surface area contributed by atoms with Crippen LogP contribution in [0.25, 0.3) is 0 Å². The fraction of sp³-hybridized carbons (Fsp3) is 0.333. The summed E-state index contributed by atoms with van der Waals surface area (Å²) in [6.45, 7) is 1.11. The van der Waals surface area contributed by atoms with Crippen molar-refractivity contribution < 1.29 is 5.11 Å². The molecule has 1 aliphatic heterocycles. The minimum absolute atomic E-state index is 1.00. The van der Waals surface area contributed by atoms with Gasteiger partial charge in [0, 0.05) is 19.3 Å². The van der Waals surface area contributed by atoms with Gasteiger partial charge in [-0.1, -0.05) is 18.2 Å². The van der Waals surface area contributed by atoms with Crippen LogP contribution >= 0.6 is 0 Å². The maximum atomic E-state index is 7.00. The zero-order valence-corrected chi connectivity index (χ0v) is 6.67. The third-order valence-corrected chi connectivity index (χ3v) is 1.73. The van der Waals surface area contributed by atoms with E-state index in [0.717, 1.165) is 13.7 Å². The monoisotopic (exact) mass is 151 g/mol. The summed E-state index contributed by atoms with van der Waals surface area (Å²) in [6, 6.07) is 8.46. The van der Waals surface area contributed by atoms with Crippen LogP contribution in [0.5, 0.6) is 0 Å². The van der Waals surface area contributed by atoms with Crippen molar-refractivity contribution in [3.05, 3.63) is 29.8 Å². The van der Waals surface area contributed by atoms with Crippen LogP contribution in [0.2, 0.25) is 0 Å². The summed E-state index contributed by atoms with van der Waals surface area (Å²) in [5, 5.41) is 10.3. The first-order valence-electron chi connectivity index (χ1n) is 3.73. The maximum absolute atomic E-state index is 7.00. The van der Waals surface area contributed by atoms with Crippen LogP contribution in [0.15, 0.2) is 24.3 Å². The van der Waals surface area contributed by atoms with Crippen molar-refractivity contribution in [3.63, 3.8) is 0 Å². The summed E-state index contributed by atoms with van der Waals surface area (Å²) in [6.07, 6.45) is 1.19. The van der Waals surface area contributed by atoms with Crippen LogP contribution in [-0.4, -0.2) is 18.8 Å². The highest BCUT2D eigenvalue weighted by molar-refractivity contribution is 5.54. The number of anilines is 1. The number of rotatable bonds is 0. The van der Waals surface area contributed by atoms with E-state index in [4.69, 9.17) is 5.11 Å². The second-order valence-electron chi connectivity index (χ2n) is 2.33. The summed E-state index contributed by atoms with van der Waals surface area (Å²) in [5.74, 6) is 0. The molecule has 0 aromatic heterocycles. The standard InChI is InChI=1S/C8H9N.CH4O/c1-2-4-8-7(3-1)5-6-9-8;1-2/h1-4,9H,5-6H2;2H,1H3. The lowest BCUT2D eigenvalue weighted by Gasteiger charge is -1.94. The highest BCUT2D eigenvalue weighted by Gasteiger charge is 2.05. The Labute approximate surface area is 66.9 Å². The largest absolute Gasteiger partial charge is 0.400 e. The molecule has 1 aromatic rings. The molecule has 2 rings (SSSR count). The highest BCUT2D eigenvalue weighted by atomic mass is 16.2. The molecule has 11 heavy (non-hydrogen) atoms. The van der Waals surface area contributed by atoms with Gasteiger partial charge in [-0.2, -0.15) is 0 Å².